The Labute approximate surface area is 140 Å². The van der Waals surface area contributed by atoms with Crippen LogP contribution in [0, 0.1) is 0 Å². The lowest BCUT2D eigenvalue weighted by molar-refractivity contribution is 0.102. The summed E-state index contributed by atoms with van der Waals surface area (Å²) >= 11 is 0. The summed E-state index contributed by atoms with van der Waals surface area (Å²) in [4.78, 5) is 16.2. The van der Waals surface area contributed by atoms with Crippen LogP contribution in [0.2, 0.25) is 0 Å². The summed E-state index contributed by atoms with van der Waals surface area (Å²) in [7, 11) is 0. The number of pyridine rings is 1. The first-order chi connectivity index (χ1) is 11.8. The first kappa shape index (κ1) is 14.5. The second kappa shape index (κ2) is 6.16. The Morgan fingerprint density at radius 2 is 1.83 bits per heavy atom. The third-order valence-corrected chi connectivity index (χ3v) is 4.09. The summed E-state index contributed by atoms with van der Waals surface area (Å²) in [5.74, 6) is 0.831. The van der Waals surface area contributed by atoms with Crippen molar-refractivity contribution >= 4 is 11.6 Å². The summed E-state index contributed by atoms with van der Waals surface area (Å²) < 4.78 is 5.55. The minimum atomic E-state index is -0.142. The number of rotatable bonds is 3. The highest BCUT2D eigenvalue weighted by atomic mass is 16.5. The molecule has 4 nitrogen and oxygen atoms in total. The van der Waals surface area contributed by atoms with Crippen molar-refractivity contribution in [3.8, 4) is 16.9 Å². The van der Waals surface area contributed by atoms with Gasteiger partial charge in [0.1, 0.15) is 5.75 Å². The van der Waals surface area contributed by atoms with Crippen LogP contribution in [0.15, 0.2) is 67.0 Å². The van der Waals surface area contributed by atoms with Crippen LogP contribution in [0.4, 0.5) is 5.69 Å². The Morgan fingerprint density at radius 3 is 2.71 bits per heavy atom. The number of carbonyl (C=O) groups is 1. The Kier molecular flexibility index (Phi) is 3.71. The molecule has 0 saturated heterocycles. The molecule has 1 N–H and O–H groups in total. The average molecular weight is 316 g/mol. The Balaban J connectivity index is 1.59. The minimum absolute atomic E-state index is 0.142. The fourth-order valence-corrected chi connectivity index (χ4v) is 2.85. The fourth-order valence-electron chi connectivity index (χ4n) is 2.85. The minimum Gasteiger partial charge on any atom is -0.493 e. The van der Waals surface area contributed by atoms with Crippen LogP contribution in [0.5, 0.6) is 5.75 Å². The molecule has 2 heterocycles. The van der Waals surface area contributed by atoms with E-state index in [1.54, 1.807) is 24.5 Å². The molecule has 0 unspecified atom stereocenters. The zero-order valence-electron chi connectivity index (χ0n) is 13.0. The molecular weight excluding hydrogens is 300 g/mol. The lowest BCUT2D eigenvalue weighted by Crippen LogP contribution is -2.11. The van der Waals surface area contributed by atoms with Crippen LogP contribution >= 0.6 is 0 Å². The van der Waals surface area contributed by atoms with E-state index in [0.717, 1.165) is 35.6 Å². The van der Waals surface area contributed by atoms with Gasteiger partial charge in [-0.15, -0.1) is 0 Å². The Morgan fingerprint density at radius 1 is 1.00 bits per heavy atom. The van der Waals surface area contributed by atoms with Crippen molar-refractivity contribution in [3.05, 3.63) is 78.1 Å². The molecule has 0 saturated carbocycles. The molecule has 4 heteroatoms. The molecule has 118 valence electrons. The highest BCUT2D eigenvalue weighted by molar-refractivity contribution is 6.04. The van der Waals surface area contributed by atoms with E-state index >= 15 is 0 Å². The molecule has 24 heavy (non-hydrogen) atoms. The van der Waals surface area contributed by atoms with Gasteiger partial charge in [0, 0.05) is 30.1 Å². The second-order valence-corrected chi connectivity index (χ2v) is 5.69. The summed E-state index contributed by atoms with van der Waals surface area (Å²) in [6.45, 7) is 0.751. The van der Waals surface area contributed by atoms with Gasteiger partial charge in [0.05, 0.1) is 6.61 Å². The Bertz CT molecular complexity index is 891. The van der Waals surface area contributed by atoms with Crippen molar-refractivity contribution in [2.45, 2.75) is 6.42 Å². The zero-order valence-corrected chi connectivity index (χ0v) is 13.0. The first-order valence-corrected chi connectivity index (χ1v) is 7.87. The van der Waals surface area contributed by atoms with E-state index in [-0.39, 0.29) is 5.91 Å². The molecule has 0 radical (unpaired) electrons. The maximum atomic E-state index is 12.3. The van der Waals surface area contributed by atoms with Crippen LogP contribution in [0.3, 0.4) is 0 Å². The van der Waals surface area contributed by atoms with E-state index in [0.29, 0.717) is 5.56 Å². The van der Waals surface area contributed by atoms with Gasteiger partial charge in [-0.1, -0.05) is 18.2 Å². The molecule has 1 aromatic heterocycles. The molecule has 2 aromatic carbocycles. The number of ether oxygens (including phenoxy) is 1. The molecule has 3 aromatic rings. The number of hydrogen-bond acceptors (Lipinski definition) is 3. The van der Waals surface area contributed by atoms with Gasteiger partial charge < -0.3 is 10.1 Å². The number of benzene rings is 2. The topological polar surface area (TPSA) is 51.2 Å². The van der Waals surface area contributed by atoms with Crippen molar-refractivity contribution in [2.75, 3.05) is 11.9 Å². The van der Waals surface area contributed by atoms with E-state index in [1.165, 1.54) is 5.56 Å². The maximum absolute atomic E-state index is 12.3. The molecule has 1 amide bonds. The van der Waals surface area contributed by atoms with E-state index in [2.05, 4.69) is 16.4 Å². The first-order valence-electron chi connectivity index (χ1n) is 7.87. The predicted octanol–water partition coefficient (Wildman–Crippen LogP) is 3.94. The van der Waals surface area contributed by atoms with Crippen molar-refractivity contribution in [1.29, 1.82) is 0 Å². The molecule has 0 atom stereocenters. The van der Waals surface area contributed by atoms with Gasteiger partial charge in [-0.3, -0.25) is 9.78 Å². The van der Waals surface area contributed by atoms with Crippen LogP contribution < -0.4 is 10.1 Å². The summed E-state index contributed by atoms with van der Waals surface area (Å²) in [6.07, 6.45) is 4.16. The zero-order chi connectivity index (χ0) is 16.4. The van der Waals surface area contributed by atoms with E-state index < -0.39 is 0 Å². The van der Waals surface area contributed by atoms with Gasteiger partial charge in [0.2, 0.25) is 0 Å². The van der Waals surface area contributed by atoms with E-state index in [9.17, 15) is 4.79 Å². The van der Waals surface area contributed by atoms with E-state index in [4.69, 9.17) is 4.74 Å². The Hall–Kier alpha value is -3.14. The van der Waals surface area contributed by atoms with Crippen molar-refractivity contribution in [2.24, 2.45) is 0 Å². The molecule has 1 aliphatic rings. The van der Waals surface area contributed by atoms with Crippen LogP contribution in [0.1, 0.15) is 15.9 Å². The maximum Gasteiger partial charge on any atom is 0.255 e. The number of hydrogen-bond donors (Lipinski definition) is 1. The molecular formula is C20H16N2O2. The quantitative estimate of drug-likeness (QED) is 0.796. The van der Waals surface area contributed by atoms with Gasteiger partial charge in [0.25, 0.3) is 5.91 Å². The smallest absolute Gasteiger partial charge is 0.255 e. The molecule has 0 bridgehead atoms. The van der Waals surface area contributed by atoms with Crippen LogP contribution in [0.25, 0.3) is 11.1 Å². The van der Waals surface area contributed by atoms with Crippen molar-refractivity contribution < 1.29 is 9.53 Å². The lowest BCUT2D eigenvalue weighted by Gasteiger charge is -2.09. The number of nitrogens with one attached hydrogen (secondary N) is 1. The van der Waals surface area contributed by atoms with Crippen molar-refractivity contribution in [3.63, 3.8) is 0 Å². The molecule has 0 fully saturated rings. The summed E-state index contributed by atoms with van der Waals surface area (Å²) in [6, 6.07) is 17.5. The number of nitrogens with zero attached hydrogens (tertiary/aromatic N) is 1. The number of carbonyl (C=O) groups excluding carboxylic acids is 1. The average Bonchev–Trinajstić information content (AvgIpc) is 3.10. The van der Waals surface area contributed by atoms with Crippen LogP contribution in [-0.2, 0) is 6.42 Å². The number of fused-ring (bicyclic) bond motifs is 1. The second-order valence-electron chi connectivity index (χ2n) is 5.69. The van der Waals surface area contributed by atoms with Gasteiger partial charge in [0.15, 0.2) is 0 Å². The summed E-state index contributed by atoms with van der Waals surface area (Å²) in [5, 5.41) is 2.93. The molecule has 0 spiro atoms. The third kappa shape index (κ3) is 2.86. The van der Waals surface area contributed by atoms with Crippen LogP contribution in [-0.4, -0.2) is 17.5 Å². The molecule has 0 aliphatic carbocycles. The summed E-state index contributed by atoms with van der Waals surface area (Å²) in [5.41, 5.74) is 4.78. The number of aromatic nitrogens is 1. The van der Waals surface area contributed by atoms with Crippen molar-refractivity contribution in [1.82, 2.24) is 4.98 Å². The fraction of sp³-hybridized carbons (Fsp3) is 0.100. The van der Waals surface area contributed by atoms with Gasteiger partial charge in [-0.25, -0.2) is 0 Å². The SMILES string of the molecule is O=C(Nc1cccc(-c2ccc3c(c2)CCO3)c1)c1ccncc1. The molecule has 1 aliphatic heterocycles. The monoisotopic (exact) mass is 316 g/mol. The highest BCUT2D eigenvalue weighted by Crippen LogP contribution is 2.31. The lowest BCUT2D eigenvalue weighted by atomic mass is 10.0. The number of amides is 1. The van der Waals surface area contributed by atoms with Gasteiger partial charge in [-0.05, 0) is 53.1 Å². The molecule has 4 rings (SSSR count). The highest BCUT2D eigenvalue weighted by Gasteiger charge is 2.13. The largest absolute Gasteiger partial charge is 0.493 e. The predicted molar refractivity (Wildman–Crippen MR) is 93.3 cm³/mol. The van der Waals surface area contributed by atoms with Gasteiger partial charge in [-0.2, -0.15) is 0 Å². The number of anilines is 1. The normalized spacial score (nSPS) is 12.3. The van der Waals surface area contributed by atoms with E-state index in [1.807, 2.05) is 36.4 Å². The standard InChI is InChI=1S/C20H16N2O2/c23-20(14-6-9-21-10-7-14)22-18-3-1-2-15(13-18)16-4-5-19-17(12-16)8-11-24-19/h1-7,9-10,12-13H,8,11H2,(H,22,23). The third-order valence-electron chi connectivity index (χ3n) is 4.09. The van der Waals surface area contributed by atoms with Gasteiger partial charge >= 0.3 is 0 Å².